The SMILES string of the molecule is COc1nc(C)ccc1C(=O)N(Cc1ccco1)CC1CCCO1. The van der Waals surface area contributed by atoms with Crippen molar-refractivity contribution in [2.75, 3.05) is 20.3 Å². The second kappa shape index (κ2) is 7.49. The minimum atomic E-state index is -0.133. The predicted octanol–water partition coefficient (Wildman–Crippen LogP) is 2.81. The first-order valence-corrected chi connectivity index (χ1v) is 8.12. The van der Waals surface area contributed by atoms with Crippen LogP contribution >= 0.6 is 0 Å². The molecule has 0 bridgehead atoms. The summed E-state index contributed by atoms with van der Waals surface area (Å²) in [6.07, 6.45) is 3.67. The molecule has 1 fully saturated rings. The lowest BCUT2D eigenvalue weighted by atomic mass is 10.1. The van der Waals surface area contributed by atoms with Crippen LogP contribution in [0.15, 0.2) is 34.9 Å². The number of carbonyl (C=O) groups excluding carboxylic acids is 1. The molecule has 0 saturated carbocycles. The molecule has 1 unspecified atom stereocenters. The summed E-state index contributed by atoms with van der Waals surface area (Å²) >= 11 is 0. The number of aryl methyl sites for hydroxylation is 1. The van der Waals surface area contributed by atoms with E-state index in [4.69, 9.17) is 13.9 Å². The fourth-order valence-electron chi connectivity index (χ4n) is 2.87. The van der Waals surface area contributed by atoms with Gasteiger partial charge in [0.15, 0.2) is 0 Å². The largest absolute Gasteiger partial charge is 0.480 e. The fraction of sp³-hybridized carbons (Fsp3) is 0.444. The first kappa shape index (κ1) is 16.5. The Morgan fingerprint density at radius 2 is 2.29 bits per heavy atom. The summed E-state index contributed by atoms with van der Waals surface area (Å²) in [6, 6.07) is 7.25. The van der Waals surface area contributed by atoms with Gasteiger partial charge < -0.3 is 18.8 Å². The zero-order chi connectivity index (χ0) is 16.9. The molecule has 1 amide bonds. The molecule has 1 atom stereocenters. The monoisotopic (exact) mass is 330 g/mol. The van der Waals surface area contributed by atoms with Crippen LogP contribution in [0.4, 0.5) is 0 Å². The molecule has 1 aliphatic heterocycles. The summed E-state index contributed by atoms with van der Waals surface area (Å²) in [6.45, 7) is 3.53. The molecular weight excluding hydrogens is 308 g/mol. The predicted molar refractivity (Wildman–Crippen MR) is 87.9 cm³/mol. The maximum absolute atomic E-state index is 13.1. The van der Waals surface area contributed by atoms with Gasteiger partial charge in [0.25, 0.3) is 5.91 Å². The second-order valence-electron chi connectivity index (χ2n) is 5.91. The molecule has 0 radical (unpaired) electrons. The van der Waals surface area contributed by atoms with E-state index in [1.54, 1.807) is 17.2 Å². The normalized spacial score (nSPS) is 17.0. The van der Waals surface area contributed by atoms with Crippen LogP contribution in [0.2, 0.25) is 0 Å². The first-order chi connectivity index (χ1) is 11.7. The van der Waals surface area contributed by atoms with Crippen molar-refractivity contribution in [3.05, 3.63) is 47.5 Å². The van der Waals surface area contributed by atoms with Crippen molar-refractivity contribution < 1.29 is 18.7 Å². The highest BCUT2D eigenvalue weighted by molar-refractivity contribution is 5.96. The van der Waals surface area contributed by atoms with Crippen molar-refractivity contribution in [2.24, 2.45) is 0 Å². The van der Waals surface area contributed by atoms with Crippen LogP contribution in [0, 0.1) is 6.92 Å². The van der Waals surface area contributed by atoms with Gasteiger partial charge in [-0.3, -0.25) is 4.79 Å². The summed E-state index contributed by atoms with van der Waals surface area (Å²) < 4.78 is 16.4. The number of hydrogen-bond acceptors (Lipinski definition) is 5. The standard InChI is InChI=1S/C18H22N2O4/c1-13-7-8-16(17(19-13)22-2)18(21)20(11-14-5-3-9-23-14)12-15-6-4-10-24-15/h3,5,7-9,15H,4,6,10-12H2,1-2H3. The number of rotatable bonds is 6. The van der Waals surface area contributed by atoms with Crippen LogP contribution < -0.4 is 4.74 Å². The number of hydrogen-bond donors (Lipinski definition) is 0. The van der Waals surface area contributed by atoms with Gasteiger partial charge in [-0.05, 0) is 44.0 Å². The summed E-state index contributed by atoms with van der Waals surface area (Å²) in [5.41, 5.74) is 1.26. The van der Waals surface area contributed by atoms with E-state index in [9.17, 15) is 4.79 Å². The summed E-state index contributed by atoms with van der Waals surface area (Å²) in [7, 11) is 1.52. The lowest BCUT2D eigenvalue weighted by Gasteiger charge is -2.25. The van der Waals surface area contributed by atoms with Crippen molar-refractivity contribution >= 4 is 5.91 Å². The number of aromatic nitrogens is 1. The maximum atomic E-state index is 13.1. The van der Waals surface area contributed by atoms with Crippen LogP contribution in [0.5, 0.6) is 5.88 Å². The molecule has 2 aromatic rings. The molecule has 24 heavy (non-hydrogen) atoms. The highest BCUT2D eigenvalue weighted by Crippen LogP contribution is 2.22. The number of pyridine rings is 1. The molecule has 1 saturated heterocycles. The fourth-order valence-corrected chi connectivity index (χ4v) is 2.87. The third kappa shape index (κ3) is 3.76. The molecule has 2 aromatic heterocycles. The highest BCUT2D eigenvalue weighted by Gasteiger charge is 2.26. The van der Waals surface area contributed by atoms with Crippen LogP contribution in [-0.4, -0.2) is 42.2 Å². The Hall–Kier alpha value is -2.34. The average Bonchev–Trinajstić information content (AvgIpc) is 3.27. The molecule has 3 rings (SSSR count). The number of nitrogens with zero attached hydrogens (tertiary/aromatic N) is 2. The van der Waals surface area contributed by atoms with E-state index in [1.165, 1.54) is 7.11 Å². The van der Waals surface area contributed by atoms with Crippen molar-refractivity contribution in [2.45, 2.75) is 32.4 Å². The molecule has 3 heterocycles. The number of furan rings is 1. The molecule has 128 valence electrons. The summed E-state index contributed by atoms with van der Waals surface area (Å²) in [5.74, 6) is 0.948. The van der Waals surface area contributed by atoms with Gasteiger partial charge in [-0.15, -0.1) is 0 Å². The minimum absolute atomic E-state index is 0.0633. The maximum Gasteiger partial charge on any atom is 0.259 e. The van der Waals surface area contributed by atoms with Crippen LogP contribution in [-0.2, 0) is 11.3 Å². The summed E-state index contributed by atoms with van der Waals surface area (Å²) in [5, 5.41) is 0. The van der Waals surface area contributed by atoms with E-state index in [-0.39, 0.29) is 12.0 Å². The third-order valence-corrected chi connectivity index (χ3v) is 4.09. The average molecular weight is 330 g/mol. The topological polar surface area (TPSA) is 64.8 Å². The quantitative estimate of drug-likeness (QED) is 0.815. The van der Waals surface area contributed by atoms with E-state index >= 15 is 0 Å². The van der Waals surface area contributed by atoms with Crippen LogP contribution in [0.1, 0.15) is 34.7 Å². The Labute approximate surface area is 141 Å². The molecule has 6 nitrogen and oxygen atoms in total. The van der Waals surface area contributed by atoms with Crippen LogP contribution in [0.3, 0.4) is 0 Å². The molecule has 0 aliphatic carbocycles. The third-order valence-electron chi connectivity index (χ3n) is 4.09. The van der Waals surface area contributed by atoms with Gasteiger partial charge in [-0.1, -0.05) is 0 Å². The molecule has 1 aliphatic rings. The lowest BCUT2D eigenvalue weighted by Crippen LogP contribution is -2.37. The molecule has 0 aromatic carbocycles. The van der Waals surface area contributed by atoms with Crippen molar-refractivity contribution in [1.29, 1.82) is 0 Å². The number of carbonyl (C=O) groups is 1. The van der Waals surface area contributed by atoms with Crippen LogP contribution in [0.25, 0.3) is 0 Å². The Balaban J connectivity index is 1.84. The van der Waals surface area contributed by atoms with Gasteiger partial charge in [0.05, 0.1) is 26.0 Å². The van der Waals surface area contributed by atoms with Gasteiger partial charge in [0.2, 0.25) is 5.88 Å². The smallest absolute Gasteiger partial charge is 0.259 e. The van der Waals surface area contributed by atoms with E-state index in [0.717, 1.165) is 30.9 Å². The zero-order valence-corrected chi connectivity index (χ0v) is 14.0. The van der Waals surface area contributed by atoms with E-state index in [0.29, 0.717) is 24.5 Å². The van der Waals surface area contributed by atoms with Crippen molar-refractivity contribution in [1.82, 2.24) is 9.88 Å². The molecular formula is C18H22N2O4. The Morgan fingerprint density at radius 1 is 1.42 bits per heavy atom. The lowest BCUT2D eigenvalue weighted by molar-refractivity contribution is 0.0488. The second-order valence-corrected chi connectivity index (χ2v) is 5.91. The number of amides is 1. The van der Waals surface area contributed by atoms with Gasteiger partial charge in [-0.2, -0.15) is 0 Å². The van der Waals surface area contributed by atoms with E-state index in [1.807, 2.05) is 25.1 Å². The Kier molecular flexibility index (Phi) is 5.15. The van der Waals surface area contributed by atoms with Crippen molar-refractivity contribution in [3.63, 3.8) is 0 Å². The van der Waals surface area contributed by atoms with Gasteiger partial charge in [0, 0.05) is 18.8 Å². The minimum Gasteiger partial charge on any atom is -0.480 e. The van der Waals surface area contributed by atoms with Crippen molar-refractivity contribution in [3.8, 4) is 5.88 Å². The highest BCUT2D eigenvalue weighted by atomic mass is 16.5. The number of methoxy groups -OCH3 is 1. The van der Waals surface area contributed by atoms with Gasteiger partial charge in [-0.25, -0.2) is 4.98 Å². The first-order valence-electron chi connectivity index (χ1n) is 8.12. The zero-order valence-electron chi connectivity index (χ0n) is 14.0. The van der Waals surface area contributed by atoms with Gasteiger partial charge >= 0.3 is 0 Å². The Bertz CT molecular complexity index is 678. The Morgan fingerprint density at radius 3 is 2.96 bits per heavy atom. The van der Waals surface area contributed by atoms with Gasteiger partial charge in [0.1, 0.15) is 11.3 Å². The molecule has 6 heteroatoms. The van der Waals surface area contributed by atoms with E-state index in [2.05, 4.69) is 4.98 Å². The van der Waals surface area contributed by atoms with E-state index < -0.39 is 0 Å². The summed E-state index contributed by atoms with van der Waals surface area (Å²) in [4.78, 5) is 19.1. The molecule has 0 spiro atoms. The molecule has 0 N–H and O–H groups in total. The number of ether oxygens (including phenoxy) is 2.